The molecule has 1 amide bonds. The van der Waals surface area contributed by atoms with Crippen LogP contribution >= 0.6 is 0 Å². The number of hydrogen-bond acceptors (Lipinski definition) is 4. The van der Waals surface area contributed by atoms with Gasteiger partial charge in [-0.1, -0.05) is 31.0 Å². The topological polar surface area (TPSA) is 72.5 Å². The Balaban J connectivity index is 1.77. The number of rotatable bonds is 6. The predicted molar refractivity (Wildman–Crippen MR) is 74.6 cm³/mol. The van der Waals surface area contributed by atoms with Crippen molar-refractivity contribution in [2.75, 3.05) is 5.75 Å². The Kier molecular flexibility index (Phi) is 5.14. The van der Waals surface area contributed by atoms with Crippen LogP contribution in [0.5, 0.6) is 0 Å². The normalized spacial score (nSPS) is 16.2. The summed E-state index contributed by atoms with van der Waals surface area (Å²) in [5.41, 5.74) is 2.35. The van der Waals surface area contributed by atoms with Crippen LogP contribution in [0.4, 0.5) is 0 Å². The van der Waals surface area contributed by atoms with Crippen molar-refractivity contribution in [2.24, 2.45) is 0 Å². The van der Waals surface area contributed by atoms with Crippen molar-refractivity contribution >= 4 is 15.7 Å². The molecule has 1 aromatic carbocycles. The molecule has 0 atom stereocenters. The lowest BCUT2D eigenvalue weighted by Gasteiger charge is -2.11. The first-order valence-electron chi connectivity index (χ1n) is 6.80. The molecule has 0 aromatic heterocycles. The number of sulfone groups is 1. The number of benzene rings is 1. The Bertz CT molecular complexity index is 536. The fraction of sp³-hybridized carbons (Fsp3) is 0.500. The van der Waals surface area contributed by atoms with Crippen molar-refractivity contribution in [3.05, 3.63) is 30.3 Å². The van der Waals surface area contributed by atoms with E-state index in [1.54, 1.807) is 18.2 Å². The predicted octanol–water partition coefficient (Wildman–Crippen LogP) is 1.84. The van der Waals surface area contributed by atoms with E-state index in [1.807, 2.05) is 0 Å². The summed E-state index contributed by atoms with van der Waals surface area (Å²) in [6.07, 6.45) is 4.10. The second-order valence-corrected chi connectivity index (χ2v) is 7.04. The highest BCUT2D eigenvalue weighted by Gasteiger charge is 2.19. The first-order chi connectivity index (χ1) is 9.58. The molecule has 0 heterocycles. The molecule has 1 N–H and O–H groups in total. The number of nitrogens with one attached hydrogen (secondary N) is 1. The number of hydroxylamine groups is 1. The SMILES string of the molecule is O=C(CCS(=O)(=O)c1ccccc1)NOC1CCCC1. The van der Waals surface area contributed by atoms with Crippen LogP contribution in [0.1, 0.15) is 32.1 Å². The van der Waals surface area contributed by atoms with E-state index in [1.165, 1.54) is 12.1 Å². The van der Waals surface area contributed by atoms with E-state index < -0.39 is 15.7 Å². The van der Waals surface area contributed by atoms with Crippen molar-refractivity contribution in [1.82, 2.24) is 5.48 Å². The summed E-state index contributed by atoms with van der Waals surface area (Å²) >= 11 is 0. The van der Waals surface area contributed by atoms with E-state index in [4.69, 9.17) is 4.84 Å². The fourth-order valence-corrected chi connectivity index (χ4v) is 3.44. The zero-order valence-corrected chi connectivity index (χ0v) is 12.1. The van der Waals surface area contributed by atoms with Gasteiger partial charge in [0.15, 0.2) is 9.84 Å². The molecule has 0 bridgehead atoms. The van der Waals surface area contributed by atoms with Crippen molar-refractivity contribution in [3.8, 4) is 0 Å². The summed E-state index contributed by atoms with van der Waals surface area (Å²) in [7, 11) is -3.41. The van der Waals surface area contributed by atoms with Crippen LogP contribution in [0.25, 0.3) is 0 Å². The molecular formula is C14H19NO4S. The van der Waals surface area contributed by atoms with E-state index in [-0.39, 0.29) is 23.2 Å². The lowest BCUT2D eigenvalue weighted by atomic mass is 10.3. The first kappa shape index (κ1) is 15.0. The van der Waals surface area contributed by atoms with Gasteiger partial charge in [-0.15, -0.1) is 0 Å². The van der Waals surface area contributed by atoms with E-state index in [2.05, 4.69) is 5.48 Å². The molecular weight excluding hydrogens is 278 g/mol. The van der Waals surface area contributed by atoms with E-state index in [0.29, 0.717) is 0 Å². The minimum absolute atomic E-state index is 0.0738. The lowest BCUT2D eigenvalue weighted by Crippen LogP contribution is -2.29. The summed E-state index contributed by atoms with van der Waals surface area (Å²) in [6.45, 7) is 0. The van der Waals surface area contributed by atoms with Gasteiger partial charge in [0.1, 0.15) is 0 Å². The summed E-state index contributed by atoms with van der Waals surface area (Å²) < 4.78 is 24.0. The monoisotopic (exact) mass is 297 g/mol. The number of carbonyl (C=O) groups is 1. The molecule has 6 heteroatoms. The van der Waals surface area contributed by atoms with Gasteiger partial charge in [0.2, 0.25) is 5.91 Å². The molecule has 1 saturated carbocycles. The van der Waals surface area contributed by atoms with Gasteiger partial charge in [0.05, 0.1) is 16.8 Å². The molecule has 0 saturated heterocycles. The maximum atomic E-state index is 12.0. The van der Waals surface area contributed by atoms with Crippen LogP contribution in [0.15, 0.2) is 35.2 Å². The fourth-order valence-electron chi connectivity index (χ4n) is 2.18. The van der Waals surface area contributed by atoms with Crippen molar-refractivity contribution in [3.63, 3.8) is 0 Å². The Morgan fingerprint density at radius 2 is 1.85 bits per heavy atom. The third-order valence-electron chi connectivity index (χ3n) is 3.34. The molecule has 0 aliphatic heterocycles. The standard InChI is InChI=1S/C14H19NO4S/c16-14(15-19-12-6-4-5-7-12)10-11-20(17,18)13-8-2-1-3-9-13/h1-3,8-9,12H,4-7,10-11H2,(H,15,16). The molecule has 0 radical (unpaired) electrons. The van der Waals surface area contributed by atoms with E-state index >= 15 is 0 Å². The third kappa shape index (κ3) is 4.31. The summed E-state index contributed by atoms with van der Waals surface area (Å²) in [6, 6.07) is 8.14. The minimum atomic E-state index is -3.41. The highest BCUT2D eigenvalue weighted by atomic mass is 32.2. The quantitative estimate of drug-likeness (QED) is 0.813. The molecule has 1 aliphatic carbocycles. The van der Waals surface area contributed by atoms with Crippen LogP contribution in [-0.2, 0) is 19.5 Å². The maximum Gasteiger partial charge on any atom is 0.244 e. The number of amides is 1. The van der Waals surface area contributed by atoms with Crippen LogP contribution < -0.4 is 5.48 Å². The maximum absolute atomic E-state index is 12.0. The summed E-state index contributed by atoms with van der Waals surface area (Å²) in [5, 5.41) is 0. The Hall–Kier alpha value is -1.40. The minimum Gasteiger partial charge on any atom is -0.273 e. The molecule has 0 spiro atoms. The third-order valence-corrected chi connectivity index (χ3v) is 5.07. The molecule has 110 valence electrons. The van der Waals surface area contributed by atoms with Crippen LogP contribution in [0.3, 0.4) is 0 Å². The van der Waals surface area contributed by atoms with Gasteiger partial charge >= 0.3 is 0 Å². The lowest BCUT2D eigenvalue weighted by molar-refractivity contribution is -0.137. The molecule has 1 aliphatic rings. The number of hydrogen-bond donors (Lipinski definition) is 1. The van der Waals surface area contributed by atoms with Gasteiger partial charge in [-0.05, 0) is 25.0 Å². The highest BCUT2D eigenvalue weighted by Crippen LogP contribution is 2.19. The highest BCUT2D eigenvalue weighted by molar-refractivity contribution is 7.91. The molecule has 1 fully saturated rings. The van der Waals surface area contributed by atoms with Crippen molar-refractivity contribution < 1.29 is 18.0 Å². The Labute approximate surface area is 119 Å². The Morgan fingerprint density at radius 3 is 2.50 bits per heavy atom. The molecule has 20 heavy (non-hydrogen) atoms. The molecule has 0 unspecified atom stereocenters. The molecule has 1 aromatic rings. The second-order valence-electron chi connectivity index (χ2n) is 4.93. The van der Waals surface area contributed by atoms with E-state index in [0.717, 1.165) is 25.7 Å². The van der Waals surface area contributed by atoms with Crippen molar-refractivity contribution in [2.45, 2.75) is 43.1 Å². The molecule has 5 nitrogen and oxygen atoms in total. The first-order valence-corrected chi connectivity index (χ1v) is 8.45. The van der Waals surface area contributed by atoms with Gasteiger partial charge < -0.3 is 0 Å². The largest absolute Gasteiger partial charge is 0.273 e. The summed E-state index contributed by atoms with van der Waals surface area (Å²) in [4.78, 5) is 17.1. The van der Waals surface area contributed by atoms with Crippen molar-refractivity contribution in [1.29, 1.82) is 0 Å². The summed E-state index contributed by atoms with van der Waals surface area (Å²) in [5.74, 6) is -0.604. The average molecular weight is 297 g/mol. The van der Waals surface area contributed by atoms with Crippen LogP contribution in [0, 0.1) is 0 Å². The smallest absolute Gasteiger partial charge is 0.244 e. The van der Waals surface area contributed by atoms with Gasteiger partial charge in [-0.25, -0.2) is 13.9 Å². The van der Waals surface area contributed by atoms with Gasteiger partial charge in [0, 0.05) is 6.42 Å². The molecule has 2 rings (SSSR count). The Morgan fingerprint density at radius 1 is 1.20 bits per heavy atom. The van der Waals surface area contributed by atoms with Gasteiger partial charge in [-0.3, -0.25) is 9.63 Å². The van der Waals surface area contributed by atoms with Crippen LogP contribution in [-0.4, -0.2) is 26.2 Å². The second kappa shape index (κ2) is 6.85. The van der Waals surface area contributed by atoms with Gasteiger partial charge in [0.25, 0.3) is 0 Å². The zero-order chi connectivity index (χ0) is 14.4. The average Bonchev–Trinajstić information content (AvgIpc) is 2.97. The zero-order valence-electron chi connectivity index (χ0n) is 11.2. The van der Waals surface area contributed by atoms with Gasteiger partial charge in [-0.2, -0.15) is 0 Å². The van der Waals surface area contributed by atoms with E-state index in [9.17, 15) is 13.2 Å². The number of carbonyl (C=O) groups excluding carboxylic acids is 1. The van der Waals surface area contributed by atoms with Crippen LogP contribution in [0.2, 0.25) is 0 Å².